The van der Waals surface area contributed by atoms with Gasteiger partial charge < -0.3 is 20.3 Å². The molecule has 2 saturated heterocycles. The zero-order valence-electron chi connectivity index (χ0n) is 18.1. The molecular weight excluding hydrogens is 372 g/mol. The lowest BCUT2D eigenvalue weighted by atomic mass is 9.77. The number of hydrogen-bond donors (Lipinski definition) is 1. The van der Waals surface area contributed by atoms with Crippen molar-refractivity contribution in [3.63, 3.8) is 0 Å². The van der Waals surface area contributed by atoms with Gasteiger partial charge in [-0.05, 0) is 59.3 Å². The lowest BCUT2D eigenvalue weighted by Crippen LogP contribution is -2.55. The van der Waals surface area contributed by atoms with E-state index >= 15 is 0 Å². The minimum atomic E-state index is -1.29. The minimum absolute atomic E-state index is 0.120. The molecule has 29 heavy (non-hydrogen) atoms. The highest BCUT2D eigenvalue weighted by atomic mass is 16.6. The van der Waals surface area contributed by atoms with E-state index in [9.17, 15) is 14.4 Å². The van der Waals surface area contributed by atoms with Gasteiger partial charge in [-0.25, -0.2) is 4.79 Å². The topological polar surface area (TPSA) is 96.2 Å². The number of hydrogen-bond acceptors (Lipinski definition) is 5. The van der Waals surface area contributed by atoms with Crippen molar-refractivity contribution < 1.29 is 19.1 Å². The summed E-state index contributed by atoms with van der Waals surface area (Å²) in [7, 11) is 0. The SMILES string of the molecule is CC(C)N1CCN(C(=O)C2CCC(OC(=O)N3CCCC3C)(C(N)=O)CC2)CC1. The standard InChI is InChI=1S/C21H36N4O4/c1-15(2)23-11-13-24(14-12-23)18(26)17-6-8-21(9-7-17,19(22)27)29-20(28)25-10-4-5-16(25)3/h15-17H,4-14H2,1-3H3,(H2,22,27). The predicted molar refractivity (Wildman–Crippen MR) is 109 cm³/mol. The Labute approximate surface area is 173 Å². The highest BCUT2D eigenvalue weighted by Gasteiger charge is 2.47. The Balaban J connectivity index is 1.56. The van der Waals surface area contributed by atoms with Gasteiger partial charge in [-0.15, -0.1) is 0 Å². The third-order valence-corrected chi connectivity index (χ3v) is 7.02. The van der Waals surface area contributed by atoms with Gasteiger partial charge in [0.2, 0.25) is 5.91 Å². The second-order valence-electron chi connectivity index (χ2n) is 9.14. The normalized spacial score (nSPS) is 31.2. The highest BCUT2D eigenvalue weighted by Crippen LogP contribution is 2.37. The first-order valence-electron chi connectivity index (χ1n) is 11.1. The molecule has 3 rings (SSSR count). The number of ether oxygens (including phenoxy) is 1. The molecule has 0 aromatic heterocycles. The van der Waals surface area contributed by atoms with Crippen LogP contribution in [0, 0.1) is 5.92 Å². The van der Waals surface area contributed by atoms with Gasteiger partial charge in [0.25, 0.3) is 5.91 Å². The molecule has 3 aliphatic rings. The maximum absolute atomic E-state index is 13.0. The van der Waals surface area contributed by atoms with Crippen LogP contribution in [0.5, 0.6) is 0 Å². The van der Waals surface area contributed by atoms with Gasteiger partial charge in [0.1, 0.15) is 0 Å². The van der Waals surface area contributed by atoms with Crippen molar-refractivity contribution >= 4 is 17.9 Å². The van der Waals surface area contributed by atoms with E-state index in [0.29, 0.717) is 38.3 Å². The van der Waals surface area contributed by atoms with Crippen molar-refractivity contribution in [3.8, 4) is 0 Å². The summed E-state index contributed by atoms with van der Waals surface area (Å²) in [5, 5.41) is 0. The Morgan fingerprint density at radius 2 is 1.62 bits per heavy atom. The lowest BCUT2D eigenvalue weighted by Gasteiger charge is -2.41. The molecule has 8 heteroatoms. The highest BCUT2D eigenvalue weighted by molar-refractivity contribution is 5.87. The van der Waals surface area contributed by atoms with Crippen molar-refractivity contribution in [1.82, 2.24) is 14.7 Å². The van der Waals surface area contributed by atoms with Crippen molar-refractivity contribution in [3.05, 3.63) is 0 Å². The van der Waals surface area contributed by atoms with Crippen LogP contribution in [0.15, 0.2) is 0 Å². The fourth-order valence-corrected chi connectivity index (χ4v) is 4.88. The molecule has 8 nitrogen and oxygen atoms in total. The average Bonchev–Trinajstić information content (AvgIpc) is 3.14. The van der Waals surface area contributed by atoms with Gasteiger partial charge in [0.15, 0.2) is 5.60 Å². The number of nitrogens with zero attached hydrogens (tertiary/aromatic N) is 3. The fraction of sp³-hybridized carbons (Fsp3) is 0.857. The van der Waals surface area contributed by atoms with Gasteiger partial charge in [-0.2, -0.15) is 0 Å². The molecule has 3 fully saturated rings. The number of carbonyl (C=O) groups is 3. The van der Waals surface area contributed by atoms with E-state index in [-0.39, 0.29) is 17.9 Å². The van der Waals surface area contributed by atoms with Crippen LogP contribution in [0.3, 0.4) is 0 Å². The second-order valence-corrected chi connectivity index (χ2v) is 9.14. The van der Waals surface area contributed by atoms with Crippen molar-refractivity contribution in [2.75, 3.05) is 32.7 Å². The monoisotopic (exact) mass is 408 g/mol. The molecule has 1 saturated carbocycles. The molecule has 0 radical (unpaired) electrons. The Bertz CT molecular complexity index is 622. The fourth-order valence-electron chi connectivity index (χ4n) is 4.88. The predicted octanol–water partition coefficient (Wildman–Crippen LogP) is 1.57. The first-order valence-corrected chi connectivity index (χ1v) is 11.1. The summed E-state index contributed by atoms with van der Waals surface area (Å²) >= 11 is 0. The van der Waals surface area contributed by atoms with Crippen LogP contribution in [-0.4, -0.2) is 83.0 Å². The Kier molecular flexibility index (Phi) is 6.71. The Morgan fingerprint density at radius 1 is 1.00 bits per heavy atom. The van der Waals surface area contributed by atoms with Crippen molar-refractivity contribution in [1.29, 1.82) is 0 Å². The van der Waals surface area contributed by atoms with Crippen LogP contribution in [0.25, 0.3) is 0 Å². The van der Waals surface area contributed by atoms with E-state index in [2.05, 4.69) is 18.7 Å². The van der Waals surface area contributed by atoms with Crippen LogP contribution in [0.4, 0.5) is 4.79 Å². The molecular formula is C21H36N4O4. The first kappa shape index (κ1) is 21.9. The van der Waals surface area contributed by atoms with E-state index in [1.165, 1.54) is 0 Å². The molecule has 0 spiro atoms. The van der Waals surface area contributed by atoms with Crippen LogP contribution in [0.1, 0.15) is 59.3 Å². The molecule has 2 aliphatic heterocycles. The van der Waals surface area contributed by atoms with Crippen LogP contribution in [0.2, 0.25) is 0 Å². The number of primary amides is 1. The van der Waals surface area contributed by atoms with Crippen LogP contribution >= 0.6 is 0 Å². The summed E-state index contributed by atoms with van der Waals surface area (Å²) in [6, 6.07) is 0.612. The van der Waals surface area contributed by atoms with Crippen molar-refractivity contribution in [2.45, 2.75) is 77.0 Å². The smallest absolute Gasteiger partial charge is 0.411 e. The lowest BCUT2D eigenvalue weighted by molar-refractivity contribution is -0.148. The molecule has 1 atom stereocenters. The zero-order chi connectivity index (χ0) is 21.2. The van der Waals surface area contributed by atoms with E-state index in [0.717, 1.165) is 39.0 Å². The number of nitrogens with two attached hydrogens (primary N) is 1. The van der Waals surface area contributed by atoms with Gasteiger partial charge in [-0.1, -0.05) is 0 Å². The van der Waals surface area contributed by atoms with E-state index in [1.807, 2.05) is 11.8 Å². The molecule has 3 amide bonds. The molecule has 164 valence electrons. The van der Waals surface area contributed by atoms with Gasteiger partial charge in [0, 0.05) is 50.7 Å². The summed E-state index contributed by atoms with van der Waals surface area (Å²) < 4.78 is 5.69. The summed E-state index contributed by atoms with van der Waals surface area (Å²) in [6.45, 7) is 10.3. The van der Waals surface area contributed by atoms with Crippen molar-refractivity contribution in [2.24, 2.45) is 11.7 Å². The summed E-state index contributed by atoms with van der Waals surface area (Å²) in [5.74, 6) is -0.572. The summed E-state index contributed by atoms with van der Waals surface area (Å²) in [4.78, 5) is 43.8. The molecule has 0 aromatic carbocycles. The van der Waals surface area contributed by atoms with Gasteiger partial charge in [0.05, 0.1) is 0 Å². The third kappa shape index (κ3) is 4.68. The zero-order valence-corrected chi connectivity index (χ0v) is 18.1. The number of amides is 3. The second kappa shape index (κ2) is 8.90. The molecule has 0 aromatic rings. The molecule has 0 bridgehead atoms. The van der Waals surface area contributed by atoms with Gasteiger partial charge in [-0.3, -0.25) is 14.5 Å². The van der Waals surface area contributed by atoms with Crippen LogP contribution in [-0.2, 0) is 14.3 Å². The maximum atomic E-state index is 13.0. The maximum Gasteiger partial charge on any atom is 0.411 e. The Morgan fingerprint density at radius 3 is 2.10 bits per heavy atom. The average molecular weight is 409 g/mol. The molecule has 1 unspecified atom stereocenters. The number of rotatable bonds is 4. The number of carbonyl (C=O) groups excluding carboxylic acids is 3. The van der Waals surface area contributed by atoms with E-state index < -0.39 is 17.6 Å². The van der Waals surface area contributed by atoms with E-state index in [4.69, 9.17) is 10.5 Å². The summed E-state index contributed by atoms with van der Waals surface area (Å²) in [5.41, 5.74) is 4.37. The Hall–Kier alpha value is -1.83. The van der Waals surface area contributed by atoms with E-state index in [1.54, 1.807) is 4.90 Å². The largest absolute Gasteiger partial charge is 0.433 e. The third-order valence-electron chi connectivity index (χ3n) is 7.02. The van der Waals surface area contributed by atoms with Crippen LogP contribution < -0.4 is 5.73 Å². The molecule has 2 N–H and O–H groups in total. The first-order chi connectivity index (χ1) is 13.7. The van der Waals surface area contributed by atoms with Gasteiger partial charge >= 0.3 is 6.09 Å². The molecule has 2 heterocycles. The molecule has 1 aliphatic carbocycles. The number of likely N-dealkylation sites (tertiary alicyclic amines) is 1. The quantitative estimate of drug-likeness (QED) is 0.762. The summed E-state index contributed by atoms with van der Waals surface area (Å²) in [6.07, 6.45) is 3.12. The minimum Gasteiger partial charge on any atom is -0.433 e. The number of piperazine rings is 1.